The number of furan rings is 1. The maximum absolute atomic E-state index is 12.5. The van der Waals surface area contributed by atoms with Crippen molar-refractivity contribution in [3.8, 4) is 0 Å². The predicted molar refractivity (Wildman–Crippen MR) is 94.2 cm³/mol. The molecule has 1 fully saturated rings. The van der Waals surface area contributed by atoms with Crippen molar-refractivity contribution in [3.63, 3.8) is 0 Å². The summed E-state index contributed by atoms with van der Waals surface area (Å²) in [7, 11) is 0. The topological polar surface area (TPSA) is 65.8 Å². The molecule has 132 valence electrons. The van der Waals surface area contributed by atoms with Crippen LogP contribution in [0.5, 0.6) is 0 Å². The standard InChI is InChI=1S/C19H23N3O3/c1-15(16-7-3-2-4-8-16)20-19(24)22-11-6-10-21(12-13-22)18(23)17-9-5-14-25-17/h2-5,7-9,14-15H,6,10-13H2,1H3,(H,20,24)/t15-/m1/s1. The first-order valence-electron chi connectivity index (χ1n) is 8.58. The van der Waals surface area contributed by atoms with Crippen molar-refractivity contribution in [2.75, 3.05) is 26.2 Å². The molecule has 1 aliphatic heterocycles. The zero-order valence-corrected chi connectivity index (χ0v) is 14.4. The molecule has 6 nitrogen and oxygen atoms in total. The third kappa shape index (κ3) is 4.21. The Bertz CT molecular complexity index is 700. The molecular weight excluding hydrogens is 318 g/mol. The molecule has 1 aliphatic rings. The van der Waals surface area contributed by atoms with Crippen LogP contribution in [0.2, 0.25) is 0 Å². The van der Waals surface area contributed by atoms with Crippen molar-refractivity contribution in [1.29, 1.82) is 0 Å². The van der Waals surface area contributed by atoms with Crippen LogP contribution in [0.4, 0.5) is 4.79 Å². The molecule has 1 aromatic heterocycles. The number of hydrogen-bond acceptors (Lipinski definition) is 3. The van der Waals surface area contributed by atoms with Gasteiger partial charge in [0.2, 0.25) is 0 Å². The first-order valence-corrected chi connectivity index (χ1v) is 8.58. The molecule has 0 unspecified atom stereocenters. The molecule has 0 radical (unpaired) electrons. The maximum Gasteiger partial charge on any atom is 0.317 e. The number of hydrogen-bond donors (Lipinski definition) is 1. The van der Waals surface area contributed by atoms with E-state index in [2.05, 4.69) is 5.32 Å². The molecule has 2 heterocycles. The molecule has 0 spiro atoms. The smallest absolute Gasteiger partial charge is 0.317 e. The Morgan fingerprint density at radius 3 is 2.44 bits per heavy atom. The van der Waals surface area contributed by atoms with E-state index in [-0.39, 0.29) is 18.0 Å². The summed E-state index contributed by atoms with van der Waals surface area (Å²) in [6.07, 6.45) is 2.25. The van der Waals surface area contributed by atoms with Gasteiger partial charge in [0.05, 0.1) is 12.3 Å². The summed E-state index contributed by atoms with van der Waals surface area (Å²) < 4.78 is 5.18. The summed E-state index contributed by atoms with van der Waals surface area (Å²) in [6, 6.07) is 13.1. The van der Waals surface area contributed by atoms with Crippen LogP contribution in [0.15, 0.2) is 53.1 Å². The molecule has 1 aromatic carbocycles. The predicted octanol–water partition coefficient (Wildman–Crippen LogP) is 2.90. The van der Waals surface area contributed by atoms with Gasteiger partial charge >= 0.3 is 6.03 Å². The summed E-state index contributed by atoms with van der Waals surface area (Å²) in [5, 5.41) is 3.03. The molecule has 2 aromatic rings. The van der Waals surface area contributed by atoms with E-state index in [0.717, 1.165) is 12.0 Å². The monoisotopic (exact) mass is 341 g/mol. The highest BCUT2D eigenvalue weighted by molar-refractivity contribution is 5.91. The van der Waals surface area contributed by atoms with Crippen molar-refractivity contribution < 1.29 is 14.0 Å². The molecule has 25 heavy (non-hydrogen) atoms. The lowest BCUT2D eigenvalue weighted by molar-refractivity contribution is 0.0730. The minimum atomic E-state index is -0.120. The lowest BCUT2D eigenvalue weighted by atomic mass is 10.1. The summed E-state index contributed by atoms with van der Waals surface area (Å²) in [4.78, 5) is 28.4. The van der Waals surface area contributed by atoms with Crippen LogP contribution in [0.25, 0.3) is 0 Å². The molecular formula is C19H23N3O3. The zero-order valence-electron chi connectivity index (χ0n) is 14.4. The summed E-state index contributed by atoms with van der Waals surface area (Å²) in [5.74, 6) is 0.223. The number of rotatable bonds is 3. The van der Waals surface area contributed by atoms with E-state index in [0.29, 0.717) is 31.9 Å². The van der Waals surface area contributed by atoms with Gasteiger partial charge in [-0.05, 0) is 31.0 Å². The van der Waals surface area contributed by atoms with Gasteiger partial charge in [0.25, 0.3) is 5.91 Å². The van der Waals surface area contributed by atoms with Crippen LogP contribution < -0.4 is 5.32 Å². The van der Waals surface area contributed by atoms with Crippen LogP contribution in [0, 0.1) is 0 Å². The lowest BCUT2D eigenvalue weighted by Gasteiger charge is -2.24. The van der Waals surface area contributed by atoms with Crippen LogP contribution in [0.3, 0.4) is 0 Å². The fourth-order valence-corrected chi connectivity index (χ4v) is 2.98. The number of carbonyl (C=O) groups excluding carboxylic acids is 2. The van der Waals surface area contributed by atoms with Gasteiger partial charge in [-0.25, -0.2) is 4.79 Å². The molecule has 0 aliphatic carbocycles. The Kier molecular flexibility index (Phi) is 5.38. The van der Waals surface area contributed by atoms with E-state index in [1.807, 2.05) is 37.3 Å². The van der Waals surface area contributed by atoms with Gasteiger partial charge in [0, 0.05) is 26.2 Å². The minimum Gasteiger partial charge on any atom is -0.459 e. The highest BCUT2D eigenvalue weighted by atomic mass is 16.3. The van der Waals surface area contributed by atoms with E-state index in [4.69, 9.17) is 4.42 Å². The van der Waals surface area contributed by atoms with E-state index >= 15 is 0 Å². The first kappa shape index (κ1) is 17.1. The van der Waals surface area contributed by atoms with Crippen molar-refractivity contribution in [2.45, 2.75) is 19.4 Å². The van der Waals surface area contributed by atoms with Gasteiger partial charge < -0.3 is 19.5 Å². The molecule has 1 atom stereocenters. The Morgan fingerprint density at radius 2 is 1.72 bits per heavy atom. The molecule has 3 rings (SSSR count). The SMILES string of the molecule is C[C@@H](NC(=O)N1CCCN(C(=O)c2ccco2)CC1)c1ccccc1. The van der Waals surface area contributed by atoms with Crippen molar-refractivity contribution in [1.82, 2.24) is 15.1 Å². The van der Waals surface area contributed by atoms with Gasteiger partial charge in [-0.3, -0.25) is 4.79 Å². The number of carbonyl (C=O) groups is 2. The first-order chi connectivity index (χ1) is 12.1. The third-order valence-electron chi connectivity index (χ3n) is 4.44. The van der Waals surface area contributed by atoms with Crippen molar-refractivity contribution in [2.24, 2.45) is 0 Å². The number of amides is 3. The summed E-state index contributed by atoms with van der Waals surface area (Å²) >= 11 is 0. The normalized spacial score (nSPS) is 16.2. The van der Waals surface area contributed by atoms with E-state index in [1.54, 1.807) is 21.9 Å². The van der Waals surface area contributed by atoms with E-state index < -0.39 is 0 Å². The lowest BCUT2D eigenvalue weighted by Crippen LogP contribution is -2.43. The van der Waals surface area contributed by atoms with Crippen LogP contribution in [-0.4, -0.2) is 47.9 Å². The Hall–Kier alpha value is -2.76. The molecule has 1 saturated heterocycles. The Balaban J connectivity index is 1.55. The highest BCUT2D eigenvalue weighted by Gasteiger charge is 2.24. The average Bonchev–Trinajstić information content (AvgIpc) is 3.06. The van der Waals surface area contributed by atoms with Crippen molar-refractivity contribution in [3.05, 3.63) is 60.1 Å². The zero-order chi connectivity index (χ0) is 17.6. The van der Waals surface area contributed by atoms with Gasteiger partial charge in [-0.1, -0.05) is 30.3 Å². The fraction of sp³-hybridized carbons (Fsp3) is 0.368. The number of nitrogens with zero attached hydrogens (tertiary/aromatic N) is 2. The van der Waals surface area contributed by atoms with Gasteiger partial charge in [-0.15, -0.1) is 0 Å². The van der Waals surface area contributed by atoms with Gasteiger partial charge in [0.1, 0.15) is 0 Å². The molecule has 3 amide bonds. The van der Waals surface area contributed by atoms with Gasteiger partial charge in [0.15, 0.2) is 5.76 Å². The molecule has 6 heteroatoms. The second kappa shape index (κ2) is 7.88. The minimum absolute atomic E-state index is 0.0576. The number of benzene rings is 1. The maximum atomic E-state index is 12.5. The van der Waals surface area contributed by atoms with Crippen LogP contribution in [0.1, 0.15) is 35.5 Å². The van der Waals surface area contributed by atoms with E-state index in [1.165, 1.54) is 6.26 Å². The number of urea groups is 1. The largest absolute Gasteiger partial charge is 0.459 e. The third-order valence-corrected chi connectivity index (χ3v) is 4.44. The van der Waals surface area contributed by atoms with Crippen LogP contribution in [-0.2, 0) is 0 Å². The van der Waals surface area contributed by atoms with E-state index in [9.17, 15) is 9.59 Å². The van der Waals surface area contributed by atoms with Crippen molar-refractivity contribution >= 4 is 11.9 Å². The molecule has 1 N–H and O–H groups in total. The Labute approximate surface area is 147 Å². The average molecular weight is 341 g/mol. The molecule has 0 bridgehead atoms. The quantitative estimate of drug-likeness (QED) is 0.933. The Morgan fingerprint density at radius 1 is 1.00 bits per heavy atom. The fourth-order valence-electron chi connectivity index (χ4n) is 2.98. The summed E-state index contributed by atoms with van der Waals surface area (Å²) in [6.45, 7) is 4.25. The number of nitrogens with one attached hydrogen (secondary N) is 1. The summed E-state index contributed by atoms with van der Waals surface area (Å²) in [5.41, 5.74) is 1.07. The van der Waals surface area contributed by atoms with Crippen LogP contribution >= 0.6 is 0 Å². The second-order valence-corrected chi connectivity index (χ2v) is 6.19. The second-order valence-electron chi connectivity index (χ2n) is 6.19. The highest BCUT2D eigenvalue weighted by Crippen LogP contribution is 2.13. The molecule has 0 saturated carbocycles. The van der Waals surface area contributed by atoms with Gasteiger partial charge in [-0.2, -0.15) is 0 Å².